The molecule has 0 amide bonds. The molecule has 1 atom stereocenters. The summed E-state index contributed by atoms with van der Waals surface area (Å²) in [7, 11) is 1.69. The molecule has 0 aliphatic carbocycles. The van der Waals surface area contributed by atoms with Crippen molar-refractivity contribution in [3.63, 3.8) is 0 Å². The van der Waals surface area contributed by atoms with Gasteiger partial charge >= 0.3 is 0 Å². The molecule has 2 nitrogen and oxygen atoms in total. The Bertz CT molecular complexity index is 349. The van der Waals surface area contributed by atoms with Crippen molar-refractivity contribution in [3.8, 4) is 5.75 Å². The van der Waals surface area contributed by atoms with Gasteiger partial charge in [-0.05, 0) is 18.6 Å². The molecule has 0 fully saturated rings. The van der Waals surface area contributed by atoms with Crippen molar-refractivity contribution in [2.45, 2.75) is 23.0 Å². The molecule has 1 aromatic carbocycles. The normalized spacial score (nSPS) is 19.1. The summed E-state index contributed by atoms with van der Waals surface area (Å²) in [6.07, 6.45) is 2.57. The quantitative estimate of drug-likeness (QED) is 0.713. The number of carbonyl (C=O) groups excluding carboxylic acids is 1. The molecule has 1 aromatic rings. The Labute approximate surface area is 87.6 Å². The summed E-state index contributed by atoms with van der Waals surface area (Å²) in [5, 5.41) is 0.402. The molecule has 0 radical (unpaired) electrons. The van der Waals surface area contributed by atoms with E-state index in [1.54, 1.807) is 18.9 Å². The molecule has 0 aromatic heterocycles. The third kappa shape index (κ3) is 1.64. The van der Waals surface area contributed by atoms with Crippen LogP contribution in [0, 0.1) is 0 Å². The van der Waals surface area contributed by atoms with Gasteiger partial charge in [0.2, 0.25) is 0 Å². The lowest BCUT2D eigenvalue weighted by Crippen LogP contribution is -2.01. The Balaban J connectivity index is 2.25. The van der Waals surface area contributed by atoms with Gasteiger partial charge in [-0.15, -0.1) is 11.8 Å². The maximum atomic E-state index is 10.4. The highest BCUT2D eigenvalue weighted by atomic mass is 32.2. The number of carbonyl (C=O) groups is 1. The molecular weight excluding hydrogens is 196 g/mol. The molecule has 1 aliphatic rings. The number of ether oxygens (including phenoxy) is 1. The highest BCUT2D eigenvalue weighted by Gasteiger charge is 2.24. The molecule has 0 saturated carbocycles. The summed E-state index contributed by atoms with van der Waals surface area (Å²) in [6, 6.07) is 6.06. The first-order valence-electron chi connectivity index (χ1n) is 4.61. The van der Waals surface area contributed by atoms with E-state index in [0.717, 1.165) is 18.5 Å². The first-order chi connectivity index (χ1) is 6.85. The van der Waals surface area contributed by atoms with E-state index in [2.05, 4.69) is 6.07 Å². The fraction of sp³-hybridized carbons (Fsp3) is 0.364. The predicted molar refractivity (Wildman–Crippen MR) is 57.0 cm³/mol. The Kier molecular flexibility index (Phi) is 2.77. The molecular formula is C11H12O2S. The van der Waals surface area contributed by atoms with E-state index >= 15 is 0 Å². The Morgan fingerprint density at radius 1 is 1.64 bits per heavy atom. The van der Waals surface area contributed by atoms with Crippen LogP contribution >= 0.6 is 11.8 Å². The Hall–Kier alpha value is -0.960. The van der Waals surface area contributed by atoms with Gasteiger partial charge in [0.25, 0.3) is 0 Å². The largest absolute Gasteiger partial charge is 0.496 e. The van der Waals surface area contributed by atoms with E-state index in [0.29, 0.717) is 11.7 Å². The van der Waals surface area contributed by atoms with Crippen molar-refractivity contribution in [2.75, 3.05) is 7.11 Å². The van der Waals surface area contributed by atoms with Crippen molar-refractivity contribution in [1.82, 2.24) is 0 Å². The zero-order chi connectivity index (χ0) is 9.97. The van der Waals surface area contributed by atoms with Crippen molar-refractivity contribution in [1.29, 1.82) is 0 Å². The van der Waals surface area contributed by atoms with Gasteiger partial charge in [-0.3, -0.25) is 0 Å². The summed E-state index contributed by atoms with van der Waals surface area (Å²) >= 11 is 1.78. The van der Waals surface area contributed by atoms with E-state index in [9.17, 15) is 4.79 Å². The molecule has 3 heteroatoms. The number of methoxy groups -OCH3 is 1. The third-order valence-electron chi connectivity index (χ3n) is 2.39. The van der Waals surface area contributed by atoms with Crippen molar-refractivity contribution in [2.24, 2.45) is 0 Å². The number of benzene rings is 1. The fourth-order valence-electron chi connectivity index (χ4n) is 1.74. The van der Waals surface area contributed by atoms with E-state index in [4.69, 9.17) is 4.74 Å². The van der Waals surface area contributed by atoms with Gasteiger partial charge in [0.15, 0.2) is 0 Å². The summed E-state index contributed by atoms with van der Waals surface area (Å²) in [5.41, 5.74) is 1.26. The molecule has 74 valence electrons. The van der Waals surface area contributed by atoms with Gasteiger partial charge in [0.05, 0.1) is 7.11 Å². The van der Waals surface area contributed by atoms with Gasteiger partial charge < -0.3 is 9.53 Å². The van der Waals surface area contributed by atoms with Crippen LogP contribution in [0.3, 0.4) is 0 Å². The molecule has 2 rings (SSSR count). The Morgan fingerprint density at radius 2 is 2.50 bits per heavy atom. The third-order valence-corrected chi connectivity index (χ3v) is 3.72. The van der Waals surface area contributed by atoms with Crippen LogP contribution in [0.2, 0.25) is 0 Å². The molecule has 0 bridgehead atoms. The van der Waals surface area contributed by atoms with Crippen molar-refractivity contribution < 1.29 is 9.53 Å². The monoisotopic (exact) mass is 208 g/mol. The van der Waals surface area contributed by atoms with E-state index in [1.165, 1.54) is 10.5 Å². The van der Waals surface area contributed by atoms with Crippen molar-refractivity contribution in [3.05, 3.63) is 23.8 Å². The molecule has 14 heavy (non-hydrogen) atoms. The van der Waals surface area contributed by atoms with Gasteiger partial charge in [0.1, 0.15) is 12.0 Å². The minimum atomic E-state index is 0.402. The van der Waals surface area contributed by atoms with Gasteiger partial charge in [-0.2, -0.15) is 0 Å². The predicted octanol–water partition coefficient (Wildman–Crippen LogP) is 2.30. The number of thioether (sulfide) groups is 1. The van der Waals surface area contributed by atoms with E-state index in [-0.39, 0.29) is 0 Å². The molecule has 1 heterocycles. The molecule has 0 saturated heterocycles. The number of aldehydes is 1. The number of rotatable bonds is 3. The summed E-state index contributed by atoms with van der Waals surface area (Å²) in [4.78, 5) is 11.7. The lowest BCUT2D eigenvalue weighted by atomic mass is 10.1. The van der Waals surface area contributed by atoms with Crippen LogP contribution in [0.5, 0.6) is 5.75 Å². The summed E-state index contributed by atoms with van der Waals surface area (Å²) in [5.74, 6) is 0.948. The van der Waals surface area contributed by atoms with Gasteiger partial charge in [0, 0.05) is 22.1 Å². The Morgan fingerprint density at radius 3 is 3.21 bits per heavy atom. The van der Waals surface area contributed by atoms with Crippen LogP contribution in [0.1, 0.15) is 12.0 Å². The first-order valence-corrected chi connectivity index (χ1v) is 5.49. The van der Waals surface area contributed by atoms with E-state index in [1.807, 2.05) is 12.1 Å². The smallest absolute Gasteiger partial charge is 0.123 e. The zero-order valence-electron chi connectivity index (χ0n) is 8.03. The molecule has 1 aliphatic heterocycles. The second kappa shape index (κ2) is 4.05. The number of fused-ring (bicyclic) bond motifs is 1. The summed E-state index contributed by atoms with van der Waals surface area (Å²) < 4.78 is 5.28. The fourth-order valence-corrected chi connectivity index (χ4v) is 3.00. The lowest BCUT2D eigenvalue weighted by molar-refractivity contribution is -0.107. The van der Waals surface area contributed by atoms with E-state index < -0.39 is 0 Å². The zero-order valence-corrected chi connectivity index (χ0v) is 8.84. The van der Waals surface area contributed by atoms with Crippen LogP contribution in [-0.4, -0.2) is 18.6 Å². The average Bonchev–Trinajstić information content (AvgIpc) is 2.60. The second-order valence-electron chi connectivity index (χ2n) is 3.28. The van der Waals surface area contributed by atoms with Crippen LogP contribution in [0.4, 0.5) is 0 Å². The average molecular weight is 208 g/mol. The number of hydrogen-bond donors (Lipinski definition) is 0. The lowest BCUT2D eigenvalue weighted by Gasteiger charge is -2.04. The minimum Gasteiger partial charge on any atom is -0.496 e. The maximum absolute atomic E-state index is 10.4. The molecule has 0 N–H and O–H groups in total. The molecule has 0 spiro atoms. The van der Waals surface area contributed by atoms with Gasteiger partial charge in [-0.25, -0.2) is 0 Å². The SMILES string of the molecule is COc1cccc2c1CC(CC=O)S2. The summed E-state index contributed by atoms with van der Waals surface area (Å²) in [6.45, 7) is 0. The molecule has 1 unspecified atom stereocenters. The highest BCUT2D eigenvalue weighted by molar-refractivity contribution is 8.00. The maximum Gasteiger partial charge on any atom is 0.123 e. The van der Waals surface area contributed by atoms with Crippen molar-refractivity contribution >= 4 is 18.0 Å². The minimum absolute atomic E-state index is 0.402. The number of hydrogen-bond acceptors (Lipinski definition) is 3. The van der Waals surface area contributed by atoms with Crippen LogP contribution in [-0.2, 0) is 11.2 Å². The topological polar surface area (TPSA) is 26.3 Å². The van der Waals surface area contributed by atoms with Crippen LogP contribution in [0.25, 0.3) is 0 Å². The van der Waals surface area contributed by atoms with Gasteiger partial charge in [-0.1, -0.05) is 6.07 Å². The van der Waals surface area contributed by atoms with Crippen LogP contribution < -0.4 is 4.74 Å². The first kappa shape index (κ1) is 9.59. The second-order valence-corrected chi connectivity index (χ2v) is 4.63. The standard InChI is InChI=1S/C11H12O2S/c1-13-10-3-2-4-11-9(10)7-8(14-11)5-6-12/h2-4,6,8H,5,7H2,1H3. The highest BCUT2D eigenvalue weighted by Crippen LogP contribution is 2.42. The van der Waals surface area contributed by atoms with Crippen LogP contribution in [0.15, 0.2) is 23.1 Å².